The van der Waals surface area contributed by atoms with E-state index in [0.29, 0.717) is 25.7 Å². The Kier molecular flexibility index (Phi) is 83.9. The van der Waals surface area contributed by atoms with Crippen molar-refractivity contribution < 1.29 is 75.8 Å². The van der Waals surface area contributed by atoms with Crippen molar-refractivity contribution in [3.8, 4) is 0 Å². The summed E-state index contributed by atoms with van der Waals surface area (Å²) in [5.41, 5.74) is 0. The van der Waals surface area contributed by atoms with Crippen LogP contribution in [0.1, 0.15) is 355 Å². The molecule has 0 fully saturated rings. The molecular formula is C97H162O16P2. The molecule has 656 valence electrons. The number of ether oxygens (including phenoxy) is 3. The third-order valence-electron chi connectivity index (χ3n) is 18.6. The molecule has 0 amide bonds. The van der Waals surface area contributed by atoms with E-state index in [2.05, 4.69) is 191 Å². The molecule has 16 nitrogen and oxygen atoms in total. The van der Waals surface area contributed by atoms with Gasteiger partial charge in [0, 0.05) is 19.3 Å². The van der Waals surface area contributed by atoms with Gasteiger partial charge in [0.05, 0.1) is 26.4 Å². The van der Waals surface area contributed by atoms with Crippen LogP contribution in [0.2, 0.25) is 0 Å². The number of phosphoric acid groups is 2. The number of rotatable bonds is 84. The third kappa shape index (κ3) is 89.3. The number of hydrogen-bond donors (Lipinski definition) is 4. The van der Waals surface area contributed by atoms with Crippen LogP contribution in [0, 0.1) is 0 Å². The van der Waals surface area contributed by atoms with Crippen molar-refractivity contribution in [3.05, 3.63) is 182 Å². The summed E-state index contributed by atoms with van der Waals surface area (Å²) in [5, 5.41) is 20.7. The highest BCUT2D eigenvalue weighted by atomic mass is 31.2. The molecule has 5 unspecified atom stereocenters. The molecule has 0 radical (unpaired) electrons. The van der Waals surface area contributed by atoms with E-state index in [-0.39, 0.29) is 19.3 Å². The third-order valence-corrected chi connectivity index (χ3v) is 20.5. The highest BCUT2D eigenvalue weighted by Crippen LogP contribution is 2.45. The summed E-state index contributed by atoms with van der Waals surface area (Å²) >= 11 is 0. The van der Waals surface area contributed by atoms with E-state index < -0.39 is 91.5 Å². The van der Waals surface area contributed by atoms with Crippen LogP contribution < -0.4 is 0 Å². The zero-order valence-corrected chi connectivity index (χ0v) is 73.9. The smallest absolute Gasteiger partial charge is 0.463 e. The van der Waals surface area contributed by atoms with Gasteiger partial charge in [0.2, 0.25) is 0 Å². The predicted molar refractivity (Wildman–Crippen MR) is 481 cm³/mol. The van der Waals surface area contributed by atoms with E-state index in [1.807, 2.05) is 12.2 Å². The molecule has 0 aliphatic rings. The molecule has 0 rings (SSSR count). The molecule has 0 saturated carbocycles. The van der Waals surface area contributed by atoms with Gasteiger partial charge in [-0.15, -0.1) is 0 Å². The van der Waals surface area contributed by atoms with Crippen molar-refractivity contribution in [2.24, 2.45) is 0 Å². The van der Waals surface area contributed by atoms with Crippen LogP contribution in [0.4, 0.5) is 0 Å². The zero-order chi connectivity index (χ0) is 83.6. The Morgan fingerprint density at radius 3 is 0.713 bits per heavy atom. The van der Waals surface area contributed by atoms with Crippen LogP contribution in [0.15, 0.2) is 182 Å². The van der Waals surface area contributed by atoms with Crippen molar-refractivity contribution in [1.29, 1.82) is 0 Å². The lowest BCUT2D eigenvalue weighted by Gasteiger charge is -2.21. The summed E-state index contributed by atoms with van der Waals surface area (Å²) in [6, 6.07) is 0. The number of unbranched alkanes of at least 4 members (excludes halogenated alkanes) is 31. The van der Waals surface area contributed by atoms with Gasteiger partial charge >= 0.3 is 33.6 Å². The molecule has 5 atom stereocenters. The Morgan fingerprint density at radius 1 is 0.243 bits per heavy atom. The molecule has 0 aromatic carbocycles. The largest absolute Gasteiger partial charge is 0.472 e. The number of esters is 3. The lowest BCUT2D eigenvalue weighted by atomic mass is 10.0. The van der Waals surface area contributed by atoms with Gasteiger partial charge in [0.15, 0.2) is 6.10 Å². The normalized spacial score (nSPS) is 14.7. The minimum atomic E-state index is -4.96. The van der Waals surface area contributed by atoms with Crippen molar-refractivity contribution in [2.45, 2.75) is 373 Å². The average Bonchev–Trinajstić information content (AvgIpc) is 0.902. The first-order chi connectivity index (χ1) is 56.2. The lowest BCUT2D eigenvalue weighted by molar-refractivity contribution is -0.161. The monoisotopic (exact) mass is 1650 g/mol. The minimum Gasteiger partial charge on any atom is -0.463 e. The van der Waals surface area contributed by atoms with E-state index in [9.17, 15) is 43.5 Å². The predicted octanol–water partition coefficient (Wildman–Crippen LogP) is 27.7. The first-order valence-electron chi connectivity index (χ1n) is 45.1. The number of hydrogen-bond acceptors (Lipinski definition) is 14. The Labute approximate surface area is 700 Å². The first kappa shape index (κ1) is 110. The number of allylic oxidation sites excluding steroid dienone is 30. The Morgan fingerprint density at radius 2 is 0.443 bits per heavy atom. The first-order valence-corrected chi connectivity index (χ1v) is 48.1. The molecule has 0 spiro atoms. The second-order valence-electron chi connectivity index (χ2n) is 29.6. The van der Waals surface area contributed by atoms with Crippen molar-refractivity contribution >= 4 is 33.6 Å². The molecule has 0 bridgehead atoms. The summed E-state index contributed by atoms with van der Waals surface area (Å²) in [6.45, 7) is 2.30. The molecule has 115 heavy (non-hydrogen) atoms. The van der Waals surface area contributed by atoms with Crippen molar-refractivity contribution in [1.82, 2.24) is 0 Å². The summed E-state index contributed by atoms with van der Waals surface area (Å²) in [5.74, 6) is -1.64. The van der Waals surface area contributed by atoms with Gasteiger partial charge in [-0.2, -0.15) is 0 Å². The molecule has 0 heterocycles. The van der Waals surface area contributed by atoms with Gasteiger partial charge in [-0.3, -0.25) is 32.5 Å². The maximum Gasteiger partial charge on any atom is 0.472 e. The van der Waals surface area contributed by atoms with Gasteiger partial charge in [-0.05, 0) is 148 Å². The fourth-order valence-electron chi connectivity index (χ4n) is 11.9. The fraction of sp³-hybridized carbons (Fsp3) is 0.660. The van der Waals surface area contributed by atoms with Crippen molar-refractivity contribution in [3.63, 3.8) is 0 Å². The Balaban J connectivity index is 4.52. The van der Waals surface area contributed by atoms with Gasteiger partial charge in [-0.1, -0.05) is 370 Å². The minimum absolute atomic E-state index is 0.0217. The van der Waals surface area contributed by atoms with E-state index >= 15 is 0 Å². The van der Waals surface area contributed by atoms with Crippen LogP contribution in [0.25, 0.3) is 0 Å². The quantitative estimate of drug-likeness (QED) is 0.0146. The van der Waals surface area contributed by atoms with Gasteiger partial charge < -0.3 is 34.2 Å². The van der Waals surface area contributed by atoms with Crippen LogP contribution in [-0.4, -0.2) is 95.9 Å². The van der Waals surface area contributed by atoms with Crippen molar-refractivity contribution in [2.75, 3.05) is 39.6 Å². The molecule has 0 aliphatic heterocycles. The Bertz CT molecular complexity index is 2820. The summed E-state index contributed by atoms with van der Waals surface area (Å²) < 4.78 is 61.3. The number of phosphoric ester groups is 2. The second-order valence-corrected chi connectivity index (χ2v) is 32.5. The molecule has 0 aliphatic carbocycles. The summed E-state index contributed by atoms with van der Waals surface area (Å²) in [4.78, 5) is 58.9. The average molecular weight is 1650 g/mol. The number of carbonyl (C=O) groups excluding carboxylic acids is 3. The van der Waals surface area contributed by atoms with Gasteiger partial charge in [-0.25, -0.2) is 9.13 Å². The maximum absolute atomic E-state index is 13.0. The SMILES string of the molecule is CC/C=C\C/C=C\C/C=C\C/C=C\C/C=C\CCCCCCCCCCCCCCCCCCCC(=O)OCC(O)COP(=O)(O)OCC(O)COP(=O)(O)OCC(COC(=O)CCCCCCCCCCCCCCC/C=C\C/C=C\C/C=C\C/C=C\C/C=C\CC)OC(=O)CCC/C=C\C/C=C\C/C=C\C/C=C\C/C=C\CC. The summed E-state index contributed by atoms with van der Waals surface area (Å²) in [6.07, 6.45) is 115. The number of aliphatic hydroxyl groups is 2. The molecule has 0 aromatic heterocycles. The topological polar surface area (TPSA) is 231 Å². The van der Waals surface area contributed by atoms with Crippen LogP contribution >= 0.6 is 15.6 Å². The van der Waals surface area contributed by atoms with E-state index in [4.69, 9.17) is 32.3 Å². The van der Waals surface area contributed by atoms with E-state index in [1.54, 1.807) is 0 Å². The van der Waals surface area contributed by atoms with Crippen LogP contribution in [0.3, 0.4) is 0 Å². The van der Waals surface area contributed by atoms with E-state index in [0.717, 1.165) is 148 Å². The van der Waals surface area contributed by atoms with Gasteiger partial charge in [0.25, 0.3) is 0 Å². The number of aliphatic hydroxyl groups excluding tert-OH is 2. The maximum atomic E-state index is 13.0. The lowest BCUT2D eigenvalue weighted by Crippen LogP contribution is -2.30. The molecular weight excluding hydrogens is 1480 g/mol. The summed E-state index contributed by atoms with van der Waals surface area (Å²) in [7, 11) is -9.83. The second kappa shape index (κ2) is 87.9. The highest BCUT2D eigenvalue weighted by molar-refractivity contribution is 7.47. The van der Waals surface area contributed by atoms with Gasteiger partial charge in [0.1, 0.15) is 25.4 Å². The fourth-order valence-corrected chi connectivity index (χ4v) is 13.5. The van der Waals surface area contributed by atoms with Crippen LogP contribution in [-0.2, 0) is 55.8 Å². The number of carbonyl (C=O) groups is 3. The molecule has 18 heteroatoms. The van der Waals surface area contributed by atoms with Crippen LogP contribution in [0.5, 0.6) is 0 Å². The Hall–Kier alpha value is -5.35. The standard InChI is InChI=1S/C97H162O16P2/c1-4-7-10-13-16-19-22-25-28-31-33-35-37-39-41-43-44-45-46-48-50-51-53-55-57-60-62-65-68-71-74-77-80-83-95(100)107-86-92(98)87-109-114(103,104)110-88-93(99)89-111-115(105,106)112-91-94(113-97(102)85-82-79-76-73-70-67-64-59-30-27-24-21-18-15-12-9-6-3)90-108-96(101)84-81-78-75-72-69-66-63-61-58-56-54-52-49-47-42-40-38-36-34-32-29-26-23-20-17-14-11-8-5-2/h7-12,16-21,25-30,33-36,39-42,64,67,73,76,92-94,98-99H,4-6,13-15,22-24,31-32,37-38,43-63,65-66,68-72,74-75,77-91H2,1-3H3,(H,103,104)(H,105,106)/b10-7-,11-8-,12-9-,19-16-,20-17-,21-18-,28-25-,29-26-,30-27-,35-33-,36-34-,41-39-,42-40-,67-64-,76-73-. The highest BCUT2D eigenvalue weighted by Gasteiger charge is 2.29. The molecule has 0 saturated heterocycles. The van der Waals surface area contributed by atoms with E-state index in [1.165, 1.54) is 141 Å². The molecule has 0 aromatic rings. The molecule has 4 N–H and O–H groups in total. The zero-order valence-electron chi connectivity index (χ0n) is 72.1.